The van der Waals surface area contributed by atoms with E-state index in [1.54, 1.807) is 13.8 Å². The van der Waals surface area contributed by atoms with Crippen LogP contribution in [0.5, 0.6) is 5.75 Å². The van der Waals surface area contributed by atoms with Gasteiger partial charge in [0.15, 0.2) is 6.10 Å². The van der Waals surface area contributed by atoms with Crippen LogP contribution in [0.15, 0.2) is 42.5 Å². The van der Waals surface area contributed by atoms with E-state index in [-0.39, 0.29) is 25.0 Å². The summed E-state index contributed by atoms with van der Waals surface area (Å²) in [5, 5.41) is 15.3. The third-order valence-electron chi connectivity index (χ3n) is 5.31. The van der Waals surface area contributed by atoms with Gasteiger partial charge in [0.2, 0.25) is 0 Å². The molecule has 1 aromatic heterocycles. The molecule has 2 aliphatic rings. The summed E-state index contributed by atoms with van der Waals surface area (Å²) in [5.41, 5.74) is 2.51. The summed E-state index contributed by atoms with van der Waals surface area (Å²) in [6, 6.07) is 14.2. The molecule has 0 radical (unpaired) electrons. The Balaban J connectivity index is 0.000000313. The van der Waals surface area contributed by atoms with Crippen LogP contribution in [0.4, 0.5) is 0 Å². The molecule has 1 atom stereocenters. The first-order valence-electron chi connectivity index (χ1n) is 11.7. The first-order chi connectivity index (χ1) is 16.7. The number of nitrogens with one attached hydrogen (secondary N) is 1. The molecule has 0 aliphatic heterocycles. The van der Waals surface area contributed by atoms with Crippen LogP contribution in [0.2, 0.25) is 0 Å². The molecule has 0 bridgehead atoms. The van der Waals surface area contributed by atoms with E-state index in [9.17, 15) is 9.59 Å². The van der Waals surface area contributed by atoms with E-state index in [0.717, 1.165) is 33.4 Å². The second-order valence-electron chi connectivity index (χ2n) is 8.49. The largest absolute Gasteiger partial charge is 0.493 e. The molecule has 35 heavy (non-hydrogen) atoms. The highest BCUT2D eigenvalue weighted by molar-refractivity contribution is 7.15. The Labute approximate surface area is 209 Å². The first kappa shape index (κ1) is 26.4. The minimum absolute atomic E-state index is 0.190. The third kappa shape index (κ3) is 6.90. The van der Waals surface area contributed by atoms with Gasteiger partial charge in [0.1, 0.15) is 16.5 Å². The Hall–Kier alpha value is -3.23. The molecule has 1 aromatic carbocycles. The Kier molecular flexibility index (Phi) is 9.01. The van der Waals surface area contributed by atoms with Gasteiger partial charge in [-0.1, -0.05) is 42.0 Å². The van der Waals surface area contributed by atoms with E-state index in [1.807, 2.05) is 45.0 Å². The van der Waals surface area contributed by atoms with Gasteiger partial charge in [-0.05, 0) is 45.9 Å². The van der Waals surface area contributed by atoms with Crippen molar-refractivity contribution < 1.29 is 24.2 Å². The van der Waals surface area contributed by atoms with Gasteiger partial charge in [-0.2, -0.15) is 0 Å². The molecule has 0 spiro atoms. The van der Waals surface area contributed by atoms with E-state index in [2.05, 4.69) is 28.5 Å². The van der Waals surface area contributed by atoms with Crippen molar-refractivity contribution in [3.05, 3.63) is 69.0 Å². The molecule has 1 amide bonds. The SMILES string of the molecule is CCOc1cc2ccc1=2.Cc1ccc(-c2nc(C(=O)NCCC(OC(C)C)C(=O)O)c(C)s2)cc1. The molecule has 4 rings (SSSR count). The topological polar surface area (TPSA) is 97.8 Å². The van der Waals surface area contributed by atoms with Gasteiger partial charge in [-0.3, -0.25) is 4.79 Å². The zero-order valence-electron chi connectivity index (χ0n) is 20.8. The third-order valence-corrected chi connectivity index (χ3v) is 6.33. The zero-order chi connectivity index (χ0) is 25.5. The summed E-state index contributed by atoms with van der Waals surface area (Å²) in [5.74, 6) is -0.264. The lowest BCUT2D eigenvalue weighted by Crippen LogP contribution is -2.33. The maximum absolute atomic E-state index is 12.4. The van der Waals surface area contributed by atoms with E-state index in [0.29, 0.717) is 5.69 Å². The van der Waals surface area contributed by atoms with Crippen molar-refractivity contribution >= 4 is 23.2 Å². The maximum atomic E-state index is 12.4. The predicted molar refractivity (Wildman–Crippen MR) is 137 cm³/mol. The van der Waals surface area contributed by atoms with Crippen LogP contribution in [0.25, 0.3) is 10.6 Å². The number of aromatic nitrogens is 1. The molecule has 186 valence electrons. The van der Waals surface area contributed by atoms with Crippen LogP contribution < -0.4 is 10.1 Å². The van der Waals surface area contributed by atoms with E-state index < -0.39 is 12.1 Å². The van der Waals surface area contributed by atoms with Crippen LogP contribution in [-0.2, 0) is 9.53 Å². The molecular formula is C27H32N2O5S. The number of thiazole rings is 1. The van der Waals surface area contributed by atoms with Crippen LogP contribution in [0.3, 0.4) is 0 Å². The fraction of sp³-hybridized carbons (Fsp3) is 0.370. The van der Waals surface area contributed by atoms with Gasteiger partial charge in [0.25, 0.3) is 5.91 Å². The molecule has 2 N–H and O–H groups in total. The van der Waals surface area contributed by atoms with Gasteiger partial charge >= 0.3 is 5.97 Å². The van der Waals surface area contributed by atoms with Gasteiger partial charge in [-0.15, -0.1) is 11.3 Å². The molecule has 0 fully saturated rings. The van der Waals surface area contributed by atoms with Gasteiger partial charge in [0.05, 0.1) is 12.7 Å². The van der Waals surface area contributed by atoms with Crippen molar-refractivity contribution in [1.29, 1.82) is 0 Å². The number of carbonyl (C=O) groups excluding carboxylic acids is 1. The number of hydrogen-bond donors (Lipinski definition) is 2. The molecule has 1 heterocycles. The second kappa shape index (κ2) is 12.0. The number of amides is 1. The summed E-state index contributed by atoms with van der Waals surface area (Å²) in [6.07, 6.45) is -0.924. The van der Waals surface area contributed by atoms with E-state index >= 15 is 0 Å². The van der Waals surface area contributed by atoms with Crippen molar-refractivity contribution in [1.82, 2.24) is 10.3 Å². The van der Waals surface area contributed by atoms with Crippen LogP contribution in [0, 0.1) is 24.3 Å². The number of nitrogens with zero attached hydrogens (tertiary/aromatic N) is 1. The molecule has 0 saturated heterocycles. The van der Waals surface area contributed by atoms with Gasteiger partial charge < -0.3 is 19.9 Å². The minimum atomic E-state index is -1.03. The molecule has 7 nitrogen and oxygen atoms in total. The molecule has 2 aromatic rings. The first-order valence-corrected chi connectivity index (χ1v) is 12.5. The van der Waals surface area contributed by atoms with Crippen LogP contribution in [0.1, 0.15) is 48.1 Å². The number of carboxylic acids is 1. The van der Waals surface area contributed by atoms with Crippen molar-refractivity contribution in [2.45, 2.75) is 53.2 Å². The number of aryl methyl sites for hydroxylation is 2. The average molecular weight is 497 g/mol. The minimum Gasteiger partial charge on any atom is -0.493 e. The molecule has 8 heteroatoms. The fourth-order valence-corrected chi connectivity index (χ4v) is 4.35. The van der Waals surface area contributed by atoms with Crippen molar-refractivity contribution in [2.24, 2.45) is 0 Å². The summed E-state index contributed by atoms with van der Waals surface area (Å²) in [6.45, 7) is 10.4. The number of ether oxygens (including phenoxy) is 2. The average Bonchev–Trinajstić information content (AvgIpc) is 3.18. The number of carboxylic acid groups (broad SMARTS) is 1. The summed E-state index contributed by atoms with van der Waals surface area (Å²) in [4.78, 5) is 28.8. The van der Waals surface area contributed by atoms with Gasteiger partial charge in [-0.25, -0.2) is 9.78 Å². The number of aliphatic carboxylic acids is 1. The van der Waals surface area contributed by atoms with E-state index in [4.69, 9.17) is 14.6 Å². The second-order valence-corrected chi connectivity index (χ2v) is 9.69. The quantitative estimate of drug-likeness (QED) is 0.317. The Morgan fingerprint density at radius 2 is 1.83 bits per heavy atom. The Bertz CT molecular complexity index is 1270. The molecule has 0 saturated carbocycles. The Morgan fingerprint density at radius 3 is 2.34 bits per heavy atom. The van der Waals surface area contributed by atoms with Crippen molar-refractivity contribution in [2.75, 3.05) is 13.2 Å². The highest BCUT2D eigenvalue weighted by Crippen LogP contribution is 2.28. The normalized spacial score (nSPS) is 11.9. The smallest absolute Gasteiger partial charge is 0.332 e. The molecular weight excluding hydrogens is 464 g/mol. The monoisotopic (exact) mass is 496 g/mol. The van der Waals surface area contributed by atoms with Crippen molar-refractivity contribution in [3.63, 3.8) is 0 Å². The highest BCUT2D eigenvalue weighted by atomic mass is 32.1. The zero-order valence-corrected chi connectivity index (χ0v) is 21.6. The standard InChI is InChI=1S/C19H24N2O4S.C8H8O/c1-11(2)25-15(19(23)24)9-10-20-17(22)16-13(4)26-18(21-16)14-7-5-12(3)6-8-14;1-2-9-8-5-6-3-4-7(6)8/h5-8,11,15H,9-10H2,1-4H3,(H,20,22)(H,23,24);3-5H,2H2,1H3. The number of carbonyl (C=O) groups is 2. The van der Waals surface area contributed by atoms with Gasteiger partial charge in [0, 0.05) is 28.6 Å². The maximum Gasteiger partial charge on any atom is 0.332 e. The lowest BCUT2D eigenvalue weighted by molar-refractivity contribution is -0.153. The molecule has 2 aliphatic carbocycles. The van der Waals surface area contributed by atoms with Crippen molar-refractivity contribution in [3.8, 4) is 16.3 Å². The van der Waals surface area contributed by atoms with Crippen LogP contribution >= 0.6 is 11.3 Å². The highest BCUT2D eigenvalue weighted by Gasteiger charge is 2.21. The lowest BCUT2D eigenvalue weighted by atomic mass is 10.1. The summed E-state index contributed by atoms with van der Waals surface area (Å²) in [7, 11) is 0. The van der Waals surface area contributed by atoms with Crippen LogP contribution in [-0.4, -0.2) is 47.3 Å². The predicted octanol–water partition coefficient (Wildman–Crippen LogP) is 5.11. The summed E-state index contributed by atoms with van der Waals surface area (Å²) < 4.78 is 10.6. The number of rotatable bonds is 10. The number of hydrogen-bond acceptors (Lipinski definition) is 6. The summed E-state index contributed by atoms with van der Waals surface area (Å²) >= 11 is 1.46. The fourth-order valence-electron chi connectivity index (χ4n) is 3.43. The Morgan fingerprint density at radius 1 is 1.11 bits per heavy atom. The van der Waals surface area contributed by atoms with E-state index in [1.165, 1.54) is 21.8 Å². The lowest BCUT2D eigenvalue weighted by Gasteiger charge is -2.16. The number of benzene rings is 2. The molecule has 1 unspecified atom stereocenters.